The third-order valence-corrected chi connectivity index (χ3v) is 3.13. The van der Waals surface area contributed by atoms with E-state index < -0.39 is 0 Å². The van der Waals surface area contributed by atoms with Crippen LogP contribution < -0.4 is 5.73 Å². The normalized spacial score (nSPS) is 11.1. The van der Waals surface area contributed by atoms with Crippen molar-refractivity contribution in [3.8, 4) is 11.4 Å². The summed E-state index contributed by atoms with van der Waals surface area (Å²) in [5.74, 6) is 0.511. The number of rotatable bonds is 2. The van der Waals surface area contributed by atoms with Crippen molar-refractivity contribution in [2.75, 3.05) is 0 Å². The molecule has 5 heteroatoms. The Morgan fingerprint density at radius 1 is 1.26 bits per heavy atom. The van der Waals surface area contributed by atoms with E-state index in [1.165, 1.54) is 12.1 Å². The predicted octanol–water partition coefficient (Wildman–Crippen LogP) is 2.23. The molecule has 0 unspecified atom stereocenters. The summed E-state index contributed by atoms with van der Waals surface area (Å²) in [6.45, 7) is 0.381. The molecule has 0 aliphatic rings. The molecule has 96 valence electrons. The topological polar surface area (TPSA) is 56.7 Å². The second-order valence-electron chi connectivity index (χ2n) is 4.37. The zero-order valence-electron chi connectivity index (χ0n) is 10.5. The number of imidazole rings is 1. The van der Waals surface area contributed by atoms with Gasteiger partial charge in [0.15, 0.2) is 0 Å². The van der Waals surface area contributed by atoms with Gasteiger partial charge >= 0.3 is 0 Å². The SMILES string of the molecule is Cn1c(-c2ccnc(CN)c2)nc2ccc(F)cc21. The first kappa shape index (κ1) is 11.8. The fourth-order valence-electron chi connectivity index (χ4n) is 2.15. The summed E-state index contributed by atoms with van der Waals surface area (Å²) in [6, 6.07) is 8.35. The lowest BCUT2D eigenvalue weighted by atomic mass is 10.2. The highest BCUT2D eigenvalue weighted by Gasteiger charge is 2.10. The van der Waals surface area contributed by atoms with Gasteiger partial charge in [-0.2, -0.15) is 0 Å². The number of hydrogen-bond acceptors (Lipinski definition) is 3. The van der Waals surface area contributed by atoms with E-state index in [4.69, 9.17) is 5.73 Å². The lowest BCUT2D eigenvalue weighted by Gasteiger charge is -2.03. The molecule has 19 heavy (non-hydrogen) atoms. The van der Waals surface area contributed by atoms with Gasteiger partial charge in [0.1, 0.15) is 11.6 Å². The number of nitrogens with zero attached hydrogens (tertiary/aromatic N) is 3. The fraction of sp³-hybridized carbons (Fsp3) is 0.143. The lowest BCUT2D eigenvalue weighted by molar-refractivity contribution is 0.629. The van der Waals surface area contributed by atoms with Crippen molar-refractivity contribution < 1.29 is 4.39 Å². The molecule has 2 heterocycles. The molecular formula is C14H13FN4. The van der Waals surface area contributed by atoms with Crippen LogP contribution in [0.3, 0.4) is 0 Å². The third-order valence-electron chi connectivity index (χ3n) is 3.13. The van der Waals surface area contributed by atoms with Gasteiger partial charge in [0.2, 0.25) is 0 Å². The van der Waals surface area contributed by atoms with E-state index in [0.29, 0.717) is 6.54 Å². The van der Waals surface area contributed by atoms with Crippen LogP contribution in [-0.4, -0.2) is 14.5 Å². The molecule has 0 atom stereocenters. The van der Waals surface area contributed by atoms with Gasteiger partial charge in [0.25, 0.3) is 0 Å². The number of nitrogens with two attached hydrogens (primary N) is 1. The average Bonchev–Trinajstić information content (AvgIpc) is 2.76. The number of benzene rings is 1. The molecule has 0 aliphatic heterocycles. The molecule has 2 N–H and O–H groups in total. The maximum atomic E-state index is 13.3. The Morgan fingerprint density at radius 3 is 2.89 bits per heavy atom. The summed E-state index contributed by atoms with van der Waals surface area (Å²) >= 11 is 0. The largest absolute Gasteiger partial charge is 0.327 e. The molecule has 0 aliphatic carbocycles. The van der Waals surface area contributed by atoms with Gasteiger partial charge in [0, 0.05) is 25.4 Å². The predicted molar refractivity (Wildman–Crippen MR) is 71.8 cm³/mol. The summed E-state index contributed by atoms with van der Waals surface area (Å²) in [5, 5.41) is 0. The Morgan fingerprint density at radius 2 is 2.11 bits per heavy atom. The van der Waals surface area contributed by atoms with Crippen LogP contribution in [0.25, 0.3) is 22.4 Å². The van der Waals surface area contributed by atoms with Gasteiger partial charge in [-0.1, -0.05) is 0 Å². The zero-order valence-corrected chi connectivity index (χ0v) is 10.5. The minimum absolute atomic E-state index is 0.264. The monoisotopic (exact) mass is 256 g/mol. The van der Waals surface area contributed by atoms with Gasteiger partial charge in [0.05, 0.1) is 16.7 Å². The summed E-state index contributed by atoms with van der Waals surface area (Å²) in [7, 11) is 1.87. The summed E-state index contributed by atoms with van der Waals surface area (Å²) in [5.41, 5.74) is 8.85. The second kappa shape index (κ2) is 4.44. The number of aryl methyl sites for hydroxylation is 1. The van der Waals surface area contributed by atoms with Crippen molar-refractivity contribution >= 4 is 11.0 Å². The van der Waals surface area contributed by atoms with Gasteiger partial charge in [-0.15, -0.1) is 0 Å². The third kappa shape index (κ3) is 1.98. The van der Waals surface area contributed by atoms with Gasteiger partial charge in [-0.25, -0.2) is 9.37 Å². The molecule has 0 saturated heterocycles. The van der Waals surface area contributed by atoms with Crippen LogP contribution in [0.2, 0.25) is 0 Å². The van der Waals surface area contributed by atoms with Gasteiger partial charge < -0.3 is 10.3 Å². The van der Waals surface area contributed by atoms with Gasteiger partial charge in [-0.3, -0.25) is 4.98 Å². The molecule has 3 aromatic rings. The number of fused-ring (bicyclic) bond motifs is 1. The van der Waals surface area contributed by atoms with E-state index in [1.54, 1.807) is 12.3 Å². The van der Waals surface area contributed by atoms with E-state index in [0.717, 1.165) is 28.1 Å². The highest BCUT2D eigenvalue weighted by molar-refractivity contribution is 5.80. The first-order valence-corrected chi connectivity index (χ1v) is 5.96. The van der Waals surface area contributed by atoms with Crippen LogP contribution in [-0.2, 0) is 13.6 Å². The molecule has 0 spiro atoms. The maximum absolute atomic E-state index is 13.3. The number of hydrogen-bond donors (Lipinski definition) is 1. The fourth-order valence-corrected chi connectivity index (χ4v) is 2.15. The Kier molecular flexibility index (Phi) is 2.76. The summed E-state index contributed by atoms with van der Waals surface area (Å²) < 4.78 is 15.1. The van der Waals surface area contributed by atoms with E-state index >= 15 is 0 Å². The molecule has 0 fully saturated rings. The van der Waals surface area contributed by atoms with Crippen molar-refractivity contribution in [2.24, 2.45) is 12.8 Å². The molecule has 2 aromatic heterocycles. The molecule has 0 radical (unpaired) electrons. The Labute approximate surface area is 109 Å². The molecule has 0 bridgehead atoms. The maximum Gasteiger partial charge on any atom is 0.140 e. The number of aromatic nitrogens is 3. The lowest BCUT2D eigenvalue weighted by Crippen LogP contribution is -2.00. The van der Waals surface area contributed by atoms with E-state index in [-0.39, 0.29) is 5.82 Å². The van der Waals surface area contributed by atoms with E-state index in [1.807, 2.05) is 23.7 Å². The number of halogens is 1. The molecule has 0 saturated carbocycles. The molecule has 4 nitrogen and oxygen atoms in total. The van der Waals surface area contributed by atoms with Crippen molar-refractivity contribution in [3.05, 3.63) is 48.0 Å². The molecule has 1 aromatic carbocycles. The van der Waals surface area contributed by atoms with Crippen LogP contribution in [0.15, 0.2) is 36.5 Å². The molecule has 3 rings (SSSR count). The van der Waals surface area contributed by atoms with Crippen LogP contribution in [0.4, 0.5) is 4.39 Å². The highest BCUT2D eigenvalue weighted by Crippen LogP contribution is 2.24. The van der Waals surface area contributed by atoms with Gasteiger partial charge in [-0.05, 0) is 30.3 Å². The second-order valence-corrected chi connectivity index (χ2v) is 4.37. The summed E-state index contributed by atoms with van der Waals surface area (Å²) in [4.78, 5) is 8.69. The van der Waals surface area contributed by atoms with Crippen LogP contribution >= 0.6 is 0 Å². The van der Waals surface area contributed by atoms with Crippen LogP contribution in [0.1, 0.15) is 5.69 Å². The minimum atomic E-state index is -0.264. The zero-order chi connectivity index (χ0) is 13.4. The molecule has 0 amide bonds. The first-order chi connectivity index (χ1) is 9.19. The number of pyridine rings is 1. The first-order valence-electron chi connectivity index (χ1n) is 5.96. The standard InChI is InChI=1S/C14H13FN4/c1-19-13-7-10(15)2-3-12(13)18-14(19)9-4-5-17-11(6-9)8-16/h2-7H,8,16H2,1H3. The highest BCUT2D eigenvalue weighted by atomic mass is 19.1. The smallest absolute Gasteiger partial charge is 0.140 e. The quantitative estimate of drug-likeness (QED) is 0.765. The van der Waals surface area contributed by atoms with Crippen LogP contribution in [0.5, 0.6) is 0 Å². The Bertz CT molecular complexity index is 748. The van der Waals surface area contributed by atoms with Crippen molar-refractivity contribution in [1.82, 2.24) is 14.5 Å². The van der Waals surface area contributed by atoms with E-state index in [9.17, 15) is 4.39 Å². The summed E-state index contributed by atoms with van der Waals surface area (Å²) in [6.07, 6.45) is 1.71. The van der Waals surface area contributed by atoms with Crippen molar-refractivity contribution in [1.29, 1.82) is 0 Å². The van der Waals surface area contributed by atoms with Crippen molar-refractivity contribution in [3.63, 3.8) is 0 Å². The van der Waals surface area contributed by atoms with E-state index in [2.05, 4.69) is 9.97 Å². The van der Waals surface area contributed by atoms with Crippen LogP contribution in [0, 0.1) is 5.82 Å². The minimum Gasteiger partial charge on any atom is -0.327 e. The molecular weight excluding hydrogens is 243 g/mol. The Hall–Kier alpha value is -2.27. The average molecular weight is 256 g/mol. The Balaban J connectivity index is 2.21. The van der Waals surface area contributed by atoms with Crippen molar-refractivity contribution in [2.45, 2.75) is 6.54 Å².